The van der Waals surface area contributed by atoms with Gasteiger partial charge >= 0.3 is 0 Å². The van der Waals surface area contributed by atoms with Gasteiger partial charge in [0.1, 0.15) is 0 Å². The summed E-state index contributed by atoms with van der Waals surface area (Å²) in [7, 11) is 0. The van der Waals surface area contributed by atoms with E-state index < -0.39 is 0 Å². The third kappa shape index (κ3) is 2.83. The lowest BCUT2D eigenvalue weighted by molar-refractivity contribution is -0.0210. The number of rotatable bonds is 2. The van der Waals surface area contributed by atoms with E-state index in [1.165, 1.54) is 20.8 Å². The van der Waals surface area contributed by atoms with Gasteiger partial charge in [-0.2, -0.15) is 0 Å². The molecule has 0 spiro atoms. The molecule has 2 aromatic carbocycles. The minimum Gasteiger partial charge on any atom is -0.376 e. The maximum atomic E-state index is 5.60. The highest BCUT2D eigenvalue weighted by atomic mass is 79.9. The van der Waals surface area contributed by atoms with Crippen LogP contribution in [0.25, 0.3) is 10.8 Å². The second kappa shape index (κ2) is 5.61. The summed E-state index contributed by atoms with van der Waals surface area (Å²) >= 11 is 3.63. The molecular weight excluding hydrogens is 302 g/mol. The van der Waals surface area contributed by atoms with Crippen LogP contribution in [0.3, 0.4) is 0 Å². The van der Waals surface area contributed by atoms with Crippen LogP contribution in [-0.4, -0.2) is 30.7 Å². The molecule has 1 unspecified atom stereocenters. The fourth-order valence-corrected chi connectivity index (χ4v) is 3.22. The lowest BCUT2D eigenvalue weighted by Gasteiger charge is -2.31. The largest absolute Gasteiger partial charge is 0.376 e. The van der Waals surface area contributed by atoms with Gasteiger partial charge in [-0.3, -0.25) is 4.90 Å². The Bertz CT molecular complexity index is 584. The van der Waals surface area contributed by atoms with Gasteiger partial charge in [0.15, 0.2) is 0 Å². The molecule has 1 atom stereocenters. The molecule has 1 aliphatic heterocycles. The molecule has 1 saturated heterocycles. The van der Waals surface area contributed by atoms with E-state index in [-0.39, 0.29) is 0 Å². The molecule has 0 N–H and O–H groups in total. The number of morpholine rings is 1. The Kier molecular flexibility index (Phi) is 3.87. The van der Waals surface area contributed by atoms with Gasteiger partial charge in [0.25, 0.3) is 0 Å². The van der Waals surface area contributed by atoms with Crippen LogP contribution < -0.4 is 0 Å². The third-order valence-electron chi connectivity index (χ3n) is 3.68. The predicted octanol–water partition coefficient (Wildman–Crippen LogP) is 3.82. The predicted molar refractivity (Wildman–Crippen MR) is 82.3 cm³/mol. The Morgan fingerprint density at radius 2 is 2.00 bits per heavy atom. The van der Waals surface area contributed by atoms with Gasteiger partial charge in [-0.05, 0) is 29.3 Å². The van der Waals surface area contributed by atoms with Crippen LogP contribution in [-0.2, 0) is 11.3 Å². The van der Waals surface area contributed by atoms with E-state index in [1.54, 1.807) is 0 Å². The molecule has 0 amide bonds. The average molecular weight is 320 g/mol. The van der Waals surface area contributed by atoms with Crippen LogP contribution in [0.4, 0.5) is 0 Å². The second-order valence-corrected chi connectivity index (χ2v) is 6.02. The lowest BCUT2D eigenvalue weighted by atomic mass is 10.0. The fourth-order valence-electron chi connectivity index (χ4n) is 2.74. The summed E-state index contributed by atoms with van der Waals surface area (Å²) in [6.45, 7) is 6.03. The summed E-state index contributed by atoms with van der Waals surface area (Å²) in [6, 6.07) is 13.0. The monoisotopic (exact) mass is 319 g/mol. The number of fused-ring (bicyclic) bond motifs is 1. The topological polar surface area (TPSA) is 12.5 Å². The Balaban J connectivity index is 1.90. The van der Waals surface area contributed by atoms with Crippen molar-refractivity contribution in [3.63, 3.8) is 0 Å². The molecule has 3 heteroatoms. The van der Waals surface area contributed by atoms with E-state index in [4.69, 9.17) is 4.74 Å². The van der Waals surface area contributed by atoms with E-state index >= 15 is 0 Å². The van der Waals surface area contributed by atoms with Crippen molar-refractivity contribution < 1.29 is 4.74 Å². The van der Waals surface area contributed by atoms with Gasteiger partial charge in [0.05, 0.1) is 12.7 Å². The molecule has 1 aliphatic rings. The highest BCUT2D eigenvalue weighted by Gasteiger charge is 2.17. The summed E-state index contributed by atoms with van der Waals surface area (Å²) in [5, 5.41) is 2.64. The van der Waals surface area contributed by atoms with Crippen molar-refractivity contribution in [3.05, 3.63) is 46.4 Å². The van der Waals surface area contributed by atoms with Crippen LogP contribution in [0.2, 0.25) is 0 Å². The van der Waals surface area contributed by atoms with Crippen LogP contribution in [0, 0.1) is 0 Å². The normalized spacial score (nSPS) is 20.8. The van der Waals surface area contributed by atoms with Gasteiger partial charge in [-0.25, -0.2) is 0 Å². The lowest BCUT2D eigenvalue weighted by Crippen LogP contribution is -2.40. The molecule has 0 saturated carbocycles. The summed E-state index contributed by atoms with van der Waals surface area (Å²) in [4.78, 5) is 2.48. The molecular formula is C16H18BrNO. The molecule has 0 radical (unpaired) electrons. The molecule has 100 valence electrons. The van der Waals surface area contributed by atoms with E-state index in [9.17, 15) is 0 Å². The molecule has 2 aromatic rings. The molecule has 0 aliphatic carbocycles. The van der Waals surface area contributed by atoms with Gasteiger partial charge < -0.3 is 4.74 Å². The summed E-state index contributed by atoms with van der Waals surface area (Å²) < 4.78 is 6.77. The van der Waals surface area contributed by atoms with Crippen LogP contribution >= 0.6 is 15.9 Å². The van der Waals surface area contributed by atoms with Crippen LogP contribution in [0.15, 0.2) is 40.9 Å². The number of nitrogens with zero attached hydrogens (tertiary/aromatic N) is 1. The van der Waals surface area contributed by atoms with Crippen molar-refractivity contribution in [1.82, 2.24) is 4.90 Å². The van der Waals surface area contributed by atoms with Gasteiger partial charge in [0, 0.05) is 24.1 Å². The standard InChI is InChI=1S/C16H18BrNO/c1-12-10-18(8-9-19-12)11-13-6-7-16(17)15-5-3-2-4-14(13)15/h2-7,12H,8-11H2,1H3. The SMILES string of the molecule is CC1CN(Cc2ccc(Br)c3ccccc23)CCO1. The zero-order valence-electron chi connectivity index (χ0n) is 11.1. The number of ether oxygens (including phenoxy) is 1. The number of halogens is 1. The second-order valence-electron chi connectivity index (χ2n) is 5.17. The minimum atomic E-state index is 0.343. The van der Waals surface area contributed by atoms with Crippen molar-refractivity contribution in [3.8, 4) is 0 Å². The number of hydrogen-bond acceptors (Lipinski definition) is 2. The first-order chi connectivity index (χ1) is 9.24. The first-order valence-corrected chi connectivity index (χ1v) is 7.53. The summed E-state index contributed by atoms with van der Waals surface area (Å²) in [6.07, 6.45) is 0.343. The third-order valence-corrected chi connectivity index (χ3v) is 4.37. The average Bonchev–Trinajstić information content (AvgIpc) is 2.42. The maximum absolute atomic E-state index is 5.60. The highest BCUT2D eigenvalue weighted by Crippen LogP contribution is 2.27. The van der Waals surface area contributed by atoms with Crippen LogP contribution in [0.5, 0.6) is 0 Å². The summed E-state index contributed by atoms with van der Waals surface area (Å²) in [5.74, 6) is 0. The van der Waals surface area contributed by atoms with Crippen molar-refractivity contribution >= 4 is 26.7 Å². The van der Waals surface area contributed by atoms with Crippen molar-refractivity contribution in [2.24, 2.45) is 0 Å². The zero-order chi connectivity index (χ0) is 13.2. The summed E-state index contributed by atoms with van der Waals surface area (Å²) in [5.41, 5.74) is 1.40. The molecule has 0 bridgehead atoms. The fraction of sp³-hybridized carbons (Fsp3) is 0.375. The van der Waals surface area contributed by atoms with Crippen LogP contribution in [0.1, 0.15) is 12.5 Å². The smallest absolute Gasteiger partial charge is 0.0674 e. The number of hydrogen-bond donors (Lipinski definition) is 0. The van der Waals surface area contributed by atoms with E-state index in [1.807, 2.05) is 0 Å². The molecule has 2 nitrogen and oxygen atoms in total. The first kappa shape index (κ1) is 13.1. The Hall–Kier alpha value is -0.900. The van der Waals surface area contributed by atoms with Gasteiger partial charge in [0.2, 0.25) is 0 Å². The Morgan fingerprint density at radius 1 is 1.21 bits per heavy atom. The van der Waals surface area contributed by atoms with Crippen molar-refractivity contribution in [1.29, 1.82) is 0 Å². The van der Waals surface area contributed by atoms with Crippen molar-refractivity contribution in [2.45, 2.75) is 19.6 Å². The maximum Gasteiger partial charge on any atom is 0.0674 e. The molecule has 0 aromatic heterocycles. The first-order valence-electron chi connectivity index (χ1n) is 6.74. The Labute approximate surface area is 122 Å². The molecule has 3 rings (SSSR count). The van der Waals surface area contributed by atoms with Crippen molar-refractivity contribution in [2.75, 3.05) is 19.7 Å². The van der Waals surface area contributed by atoms with E-state index in [0.717, 1.165) is 26.2 Å². The van der Waals surface area contributed by atoms with Gasteiger partial charge in [-0.15, -0.1) is 0 Å². The minimum absolute atomic E-state index is 0.343. The van der Waals surface area contributed by atoms with Gasteiger partial charge in [-0.1, -0.05) is 46.3 Å². The number of benzene rings is 2. The molecule has 1 heterocycles. The zero-order valence-corrected chi connectivity index (χ0v) is 12.7. The van der Waals surface area contributed by atoms with E-state index in [2.05, 4.69) is 64.2 Å². The molecule has 1 fully saturated rings. The van der Waals surface area contributed by atoms with E-state index in [0.29, 0.717) is 6.10 Å². The molecule has 19 heavy (non-hydrogen) atoms. The quantitative estimate of drug-likeness (QED) is 0.834. The Morgan fingerprint density at radius 3 is 2.79 bits per heavy atom. The highest BCUT2D eigenvalue weighted by molar-refractivity contribution is 9.10.